The van der Waals surface area contributed by atoms with Crippen molar-refractivity contribution in [3.63, 3.8) is 0 Å². The molecule has 1 unspecified atom stereocenters. The molecule has 4 rings (SSSR count). The van der Waals surface area contributed by atoms with Gasteiger partial charge >= 0.3 is 0 Å². The summed E-state index contributed by atoms with van der Waals surface area (Å²) < 4.78 is 0. The molecule has 2 aromatic carbocycles. The van der Waals surface area contributed by atoms with Crippen LogP contribution in [0.2, 0.25) is 5.02 Å². The van der Waals surface area contributed by atoms with Gasteiger partial charge in [0.05, 0.1) is 6.04 Å². The van der Waals surface area contributed by atoms with Crippen LogP contribution in [0.5, 0.6) is 5.75 Å². The highest BCUT2D eigenvalue weighted by molar-refractivity contribution is 6.31. The van der Waals surface area contributed by atoms with E-state index in [0.717, 1.165) is 40.3 Å². The van der Waals surface area contributed by atoms with Crippen molar-refractivity contribution in [3.8, 4) is 5.75 Å². The second-order valence-electron chi connectivity index (χ2n) is 5.91. The number of rotatable bonds is 1. The Kier molecular flexibility index (Phi) is 3.13. The number of phenols is 1. The number of hydrogen-bond donors (Lipinski definition) is 3. The van der Waals surface area contributed by atoms with E-state index in [9.17, 15) is 5.11 Å². The van der Waals surface area contributed by atoms with E-state index < -0.39 is 0 Å². The van der Waals surface area contributed by atoms with Crippen LogP contribution in [0.25, 0.3) is 10.9 Å². The van der Waals surface area contributed by atoms with Gasteiger partial charge in [0.15, 0.2) is 0 Å². The van der Waals surface area contributed by atoms with Crippen LogP contribution in [0.3, 0.4) is 0 Å². The molecule has 2 heterocycles. The molecule has 0 spiro atoms. The van der Waals surface area contributed by atoms with Crippen molar-refractivity contribution in [2.45, 2.75) is 19.4 Å². The molecule has 1 aliphatic heterocycles. The Morgan fingerprint density at radius 1 is 1.18 bits per heavy atom. The Labute approximate surface area is 133 Å². The van der Waals surface area contributed by atoms with Crippen LogP contribution >= 0.6 is 11.6 Å². The quantitative estimate of drug-likeness (QED) is 0.634. The minimum Gasteiger partial charge on any atom is -0.508 e. The van der Waals surface area contributed by atoms with Crippen LogP contribution < -0.4 is 5.32 Å². The number of aryl methyl sites for hydroxylation is 1. The largest absolute Gasteiger partial charge is 0.508 e. The van der Waals surface area contributed by atoms with Crippen LogP contribution in [0, 0.1) is 6.92 Å². The molecule has 0 bridgehead atoms. The molecule has 112 valence electrons. The van der Waals surface area contributed by atoms with Crippen molar-refractivity contribution >= 4 is 22.5 Å². The lowest BCUT2D eigenvalue weighted by Crippen LogP contribution is -2.30. The van der Waals surface area contributed by atoms with Gasteiger partial charge < -0.3 is 15.4 Å². The summed E-state index contributed by atoms with van der Waals surface area (Å²) in [6.45, 7) is 2.92. The summed E-state index contributed by atoms with van der Waals surface area (Å²) in [5, 5.41) is 15.7. The SMILES string of the molecule is Cc1ccc(O)c(C2NCCc3c2[nH]c2ccc(Cl)cc32)c1. The van der Waals surface area contributed by atoms with Crippen LogP contribution in [0.1, 0.15) is 28.4 Å². The van der Waals surface area contributed by atoms with Crippen molar-refractivity contribution in [3.05, 3.63) is 63.8 Å². The van der Waals surface area contributed by atoms with Gasteiger partial charge in [0, 0.05) is 33.7 Å². The first-order valence-corrected chi connectivity index (χ1v) is 7.84. The lowest BCUT2D eigenvalue weighted by Gasteiger charge is -2.25. The molecular weight excluding hydrogens is 296 g/mol. The molecule has 3 aromatic rings. The molecule has 22 heavy (non-hydrogen) atoms. The number of aromatic hydroxyl groups is 1. The fourth-order valence-corrected chi connectivity index (χ4v) is 3.54. The average Bonchev–Trinajstić information content (AvgIpc) is 2.88. The minimum atomic E-state index is -0.0187. The van der Waals surface area contributed by atoms with E-state index in [0.29, 0.717) is 5.75 Å². The number of fused-ring (bicyclic) bond motifs is 3. The molecular formula is C18H17ClN2O. The summed E-state index contributed by atoms with van der Waals surface area (Å²) in [5.74, 6) is 0.327. The predicted octanol–water partition coefficient (Wildman–Crippen LogP) is 4.07. The molecule has 3 nitrogen and oxygen atoms in total. The topological polar surface area (TPSA) is 48.0 Å². The van der Waals surface area contributed by atoms with Crippen molar-refractivity contribution in [1.29, 1.82) is 0 Å². The van der Waals surface area contributed by atoms with E-state index in [1.807, 2.05) is 37.3 Å². The second kappa shape index (κ2) is 5.04. The molecule has 0 saturated carbocycles. The van der Waals surface area contributed by atoms with Crippen molar-refractivity contribution in [2.24, 2.45) is 0 Å². The summed E-state index contributed by atoms with van der Waals surface area (Å²) in [5.41, 5.74) is 5.57. The summed E-state index contributed by atoms with van der Waals surface area (Å²) >= 11 is 6.15. The maximum absolute atomic E-state index is 10.3. The Morgan fingerprint density at radius 3 is 2.91 bits per heavy atom. The highest BCUT2D eigenvalue weighted by Gasteiger charge is 2.27. The van der Waals surface area contributed by atoms with Crippen LogP contribution in [-0.2, 0) is 6.42 Å². The van der Waals surface area contributed by atoms with Crippen molar-refractivity contribution in [1.82, 2.24) is 10.3 Å². The molecule has 0 amide bonds. The molecule has 4 heteroatoms. The van der Waals surface area contributed by atoms with Gasteiger partial charge in [-0.25, -0.2) is 0 Å². The third-order valence-corrected chi connectivity index (χ3v) is 4.64. The van der Waals surface area contributed by atoms with Crippen LogP contribution in [0.4, 0.5) is 0 Å². The van der Waals surface area contributed by atoms with E-state index in [1.165, 1.54) is 10.9 Å². The van der Waals surface area contributed by atoms with E-state index in [2.05, 4.69) is 10.3 Å². The Balaban J connectivity index is 1.92. The van der Waals surface area contributed by atoms with Crippen LogP contribution in [-0.4, -0.2) is 16.6 Å². The molecule has 0 aliphatic carbocycles. The zero-order chi connectivity index (χ0) is 15.3. The summed E-state index contributed by atoms with van der Waals surface area (Å²) in [7, 11) is 0. The molecule has 1 aliphatic rings. The lowest BCUT2D eigenvalue weighted by atomic mass is 9.93. The van der Waals surface area contributed by atoms with Crippen molar-refractivity contribution in [2.75, 3.05) is 6.54 Å². The first kappa shape index (κ1) is 13.7. The maximum Gasteiger partial charge on any atom is 0.120 e. The first-order valence-electron chi connectivity index (χ1n) is 7.46. The van der Waals surface area contributed by atoms with Gasteiger partial charge in [-0.15, -0.1) is 0 Å². The third kappa shape index (κ3) is 2.09. The first-order chi connectivity index (χ1) is 10.6. The number of phenolic OH excluding ortho intramolecular Hbond substituents is 1. The molecule has 0 radical (unpaired) electrons. The van der Waals surface area contributed by atoms with Gasteiger partial charge in [0.1, 0.15) is 5.75 Å². The van der Waals surface area contributed by atoms with E-state index in [4.69, 9.17) is 11.6 Å². The van der Waals surface area contributed by atoms with Gasteiger partial charge in [-0.1, -0.05) is 29.3 Å². The summed E-state index contributed by atoms with van der Waals surface area (Å²) in [6, 6.07) is 11.6. The summed E-state index contributed by atoms with van der Waals surface area (Å²) in [4.78, 5) is 3.51. The molecule has 0 fully saturated rings. The zero-order valence-corrected chi connectivity index (χ0v) is 13.0. The minimum absolute atomic E-state index is 0.0187. The highest BCUT2D eigenvalue weighted by atomic mass is 35.5. The van der Waals surface area contributed by atoms with Gasteiger partial charge in [-0.2, -0.15) is 0 Å². The van der Waals surface area contributed by atoms with E-state index in [1.54, 1.807) is 6.07 Å². The molecule has 1 atom stereocenters. The number of H-pyrrole nitrogens is 1. The summed E-state index contributed by atoms with van der Waals surface area (Å²) in [6.07, 6.45) is 0.957. The van der Waals surface area contributed by atoms with Gasteiger partial charge in [0.2, 0.25) is 0 Å². The molecule has 3 N–H and O–H groups in total. The average molecular weight is 313 g/mol. The lowest BCUT2D eigenvalue weighted by molar-refractivity contribution is 0.452. The zero-order valence-electron chi connectivity index (χ0n) is 12.3. The monoisotopic (exact) mass is 312 g/mol. The van der Waals surface area contributed by atoms with Gasteiger partial charge in [-0.05, 0) is 43.2 Å². The Bertz CT molecular complexity index is 869. The molecule has 1 aromatic heterocycles. The van der Waals surface area contributed by atoms with Crippen LogP contribution in [0.15, 0.2) is 36.4 Å². The second-order valence-corrected chi connectivity index (χ2v) is 6.34. The number of aromatic amines is 1. The van der Waals surface area contributed by atoms with Crippen molar-refractivity contribution < 1.29 is 5.11 Å². The maximum atomic E-state index is 10.3. The third-order valence-electron chi connectivity index (χ3n) is 4.41. The Morgan fingerprint density at radius 2 is 2.05 bits per heavy atom. The molecule has 0 saturated heterocycles. The normalized spacial score (nSPS) is 17.6. The number of benzene rings is 2. The fraction of sp³-hybridized carbons (Fsp3) is 0.222. The van der Waals surface area contributed by atoms with Gasteiger partial charge in [-0.3, -0.25) is 0 Å². The number of halogens is 1. The number of hydrogen-bond acceptors (Lipinski definition) is 2. The number of aromatic nitrogens is 1. The number of nitrogens with one attached hydrogen (secondary N) is 2. The highest BCUT2D eigenvalue weighted by Crippen LogP contribution is 2.37. The van der Waals surface area contributed by atoms with Gasteiger partial charge in [0.25, 0.3) is 0 Å². The standard InChI is InChI=1S/C18H17ClN2O/c1-10-2-5-16(22)14(8-10)17-18-12(6-7-20-17)13-9-11(19)3-4-15(13)21-18/h2-5,8-9,17,20-22H,6-7H2,1H3. The van der Waals surface area contributed by atoms with E-state index >= 15 is 0 Å². The Hall–Kier alpha value is -1.97. The van der Waals surface area contributed by atoms with E-state index in [-0.39, 0.29) is 6.04 Å². The smallest absolute Gasteiger partial charge is 0.120 e. The fourth-order valence-electron chi connectivity index (χ4n) is 3.37. The predicted molar refractivity (Wildman–Crippen MR) is 89.7 cm³/mol.